The first kappa shape index (κ1) is 23.0. The molecule has 2 atom stereocenters. The molecule has 3 aliphatic rings. The Kier molecular flexibility index (Phi) is 6.80. The predicted octanol–water partition coefficient (Wildman–Crippen LogP) is 2.75. The van der Waals surface area contributed by atoms with Gasteiger partial charge >= 0.3 is 6.03 Å². The van der Waals surface area contributed by atoms with E-state index in [1.165, 1.54) is 6.42 Å². The van der Waals surface area contributed by atoms with Crippen molar-refractivity contribution in [2.45, 2.75) is 84.2 Å². The second kappa shape index (κ2) is 8.85. The first-order valence-electron chi connectivity index (χ1n) is 11.7. The SMILES string of the molecule is CCC1CCC2(CC1)NC(=O)N(CC(=O)NCC(C)(C)N1CC(C)CC(C)C1)C2=O. The van der Waals surface area contributed by atoms with Crippen LogP contribution in [0.25, 0.3) is 0 Å². The van der Waals surface area contributed by atoms with Crippen LogP contribution in [0.1, 0.15) is 73.1 Å². The summed E-state index contributed by atoms with van der Waals surface area (Å²) in [7, 11) is 0. The molecule has 0 aromatic carbocycles. The van der Waals surface area contributed by atoms with E-state index >= 15 is 0 Å². The van der Waals surface area contributed by atoms with Gasteiger partial charge in [-0.3, -0.25) is 19.4 Å². The van der Waals surface area contributed by atoms with Crippen LogP contribution in [0.3, 0.4) is 0 Å². The van der Waals surface area contributed by atoms with Gasteiger partial charge in [0, 0.05) is 25.2 Å². The molecule has 2 heterocycles. The average molecular weight is 421 g/mol. The summed E-state index contributed by atoms with van der Waals surface area (Å²) in [6.45, 7) is 13.4. The van der Waals surface area contributed by atoms with Gasteiger partial charge in [0.15, 0.2) is 0 Å². The van der Waals surface area contributed by atoms with Gasteiger partial charge in [-0.2, -0.15) is 0 Å². The van der Waals surface area contributed by atoms with Crippen molar-refractivity contribution in [3.8, 4) is 0 Å². The number of likely N-dealkylation sites (tertiary alicyclic amines) is 1. The molecule has 2 aliphatic heterocycles. The fourth-order valence-electron chi connectivity index (χ4n) is 5.52. The summed E-state index contributed by atoms with van der Waals surface area (Å²) < 4.78 is 0. The maximum Gasteiger partial charge on any atom is 0.325 e. The Bertz CT molecular complexity index is 659. The zero-order chi connectivity index (χ0) is 22.1. The molecular weight excluding hydrogens is 380 g/mol. The second-order valence-electron chi connectivity index (χ2n) is 10.7. The van der Waals surface area contributed by atoms with Gasteiger partial charge in [-0.15, -0.1) is 0 Å². The van der Waals surface area contributed by atoms with Crippen molar-refractivity contribution in [1.29, 1.82) is 0 Å². The molecule has 0 radical (unpaired) electrons. The van der Waals surface area contributed by atoms with Crippen LogP contribution < -0.4 is 10.6 Å². The van der Waals surface area contributed by atoms with Gasteiger partial charge in [0.2, 0.25) is 5.91 Å². The summed E-state index contributed by atoms with van der Waals surface area (Å²) >= 11 is 0. The molecule has 30 heavy (non-hydrogen) atoms. The monoisotopic (exact) mass is 420 g/mol. The Morgan fingerprint density at radius 2 is 1.77 bits per heavy atom. The summed E-state index contributed by atoms with van der Waals surface area (Å²) in [4.78, 5) is 41.6. The molecule has 1 saturated carbocycles. The van der Waals surface area contributed by atoms with E-state index in [9.17, 15) is 14.4 Å². The quantitative estimate of drug-likeness (QED) is 0.648. The van der Waals surface area contributed by atoms with Crippen molar-refractivity contribution in [1.82, 2.24) is 20.4 Å². The topological polar surface area (TPSA) is 81.8 Å². The molecule has 3 rings (SSSR count). The van der Waals surface area contributed by atoms with E-state index in [1.807, 2.05) is 0 Å². The summed E-state index contributed by atoms with van der Waals surface area (Å²) in [5, 5.41) is 5.87. The van der Waals surface area contributed by atoms with Gasteiger partial charge in [0.25, 0.3) is 5.91 Å². The Morgan fingerprint density at radius 1 is 1.17 bits per heavy atom. The minimum Gasteiger partial charge on any atom is -0.353 e. The third-order valence-electron chi connectivity index (χ3n) is 7.53. The van der Waals surface area contributed by atoms with Crippen molar-refractivity contribution in [2.75, 3.05) is 26.2 Å². The van der Waals surface area contributed by atoms with Crippen molar-refractivity contribution in [2.24, 2.45) is 17.8 Å². The number of rotatable bonds is 6. The van der Waals surface area contributed by atoms with Crippen molar-refractivity contribution < 1.29 is 14.4 Å². The van der Waals surface area contributed by atoms with E-state index in [0.717, 1.165) is 37.3 Å². The molecule has 0 aromatic heterocycles. The van der Waals surface area contributed by atoms with Crippen molar-refractivity contribution in [3.05, 3.63) is 0 Å². The number of nitrogens with one attached hydrogen (secondary N) is 2. The van der Waals surface area contributed by atoms with Crippen LogP contribution in [-0.2, 0) is 9.59 Å². The number of carbonyl (C=O) groups is 3. The average Bonchev–Trinajstić information content (AvgIpc) is 2.90. The zero-order valence-electron chi connectivity index (χ0n) is 19.4. The summed E-state index contributed by atoms with van der Waals surface area (Å²) in [6.07, 6.45) is 5.59. The lowest BCUT2D eigenvalue weighted by Crippen LogP contribution is -2.57. The molecule has 3 fully saturated rings. The van der Waals surface area contributed by atoms with Crippen LogP contribution in [0.4, 0.5) is 4.79 Å². The molecule has 7 nitrogen and oxygen atoms in total. The standard InChI is InChI=1S/C23H40N4O3/c1-6-18-7-9-23(10-8-18)20(29)27(21(30)25-23)14-19(28)24-15-22(4,5)26-12-16(2)11-17(3)13-26/h16-18H,6-15H2,1-5H3,(H,24,28)(H,25,30). The van der Waals surface area contributed by atoms with Gasteiger partial charge in [0.1, 0.15) is 12.1 Å². The Labute approximate surface area is 181 Å². The Morgan fingerprint density at radius 3 is 2.33 bits per heavy atom. The number of urea groups is 1. The van der Waals surface area contributed by atoms with Crippen LogP contribution in [0.5, 0.6) is 0 Å². The third-order valence-corrected chi connectivity index (χ3v) is 7.53. The lowest BCUT2D eigenvalue weighted by molar-refractivity contribution is -0.136. The molecule has 170 valence electrons. The molecule has 0 bridgehead atoms. The zero-order valence-corrected chi connectivity index (χ0v) is 19.4. The summed E-state index contributed by atoms with van der Waals surface area (Å²) in [6, 6.07) is -0.428. The lowest BCUT2D eigenvalue weighted by Gasteiger charge is -2.45. The number of imide groups is 1. The molecule has 4 amide bonds. The molecule has 2 N–H and O–H groups in total. The van der Waals surface area contributed by atoms with E-state index in [-0.39, 0.29) is 23.9 Å². The van der Waals surface area contributed by atoms with Crippen LogP contribution in [0.2, 0.25) is 0 Å². The lowest BCUT2D eigenvalue weighted by atomic mass is 9.75. The highest BCUT2D eigenvalue weighted by atomic mass is 16.2. The van der Waals surface area contributed by atoms with E-state index < -0.39 is 11.6 Å². The molecule has 1 aliphatic carbocycles. The van der Waals surface area contributed by atoms with Crippen LogP contribution in [0, 0.1) is 17.8 Å². The fourth-order valence-corrected chi connectivity index (χ4v) is 5.52. The van der Waals surface area contributed by atoms with E-state index in [1.54, 1.807) is 0 Å². The number of piperidine rings is 1. The van der Waals surface area contributed by atoms with Crippen molar-refractivity contribution in [3.63, 3.8) is 0 Å². The highest BCUT2D eigenvalue weighted by Gasteiger charge is 2.52. The minimum absolute atomic E-state index is 0.171. The number of hydrogen-bond acceptors (Lipinski definition) is 4. The number of amides is 4. The largest absolute Gasteiger partial charge is 0.353 e. The number of hydrogen-bond donors (Lipinski definition) is 2. The minimum atomic E-state index is -0.789. The van der Waals surface area contributed by atoms with Gasteiger partial charge < -0.3 is 10.6 Å². The van der Waals surface area contributed by atoms with Crippen LogP contribution >= 0.6 is 0 Å². The van der Waals surface area contributed by atoms with E-state index in [4.69, 9.17) is 0 Å². The van der Waals surface area contributed by atoms with Gasteiger partial charge in [-0.25, -0.2) is 4.79 Å². The van der Waals surface area contributed by atoms with Gasteiger partial charge in [0.05, 0.1) is 0 Å². The highest BCUT2D eigenvalue weighted by Crippen LogP contribution is 2.37. The van der Waals surface area contributed by atoms with Crippen LogP contribution in [-0.4, -0.2) is 64.9 Å². The van der Waals surface area contributed by atoms with Crippen LogP contribution in [0.15, 0.2) is 0 Å². The van der Waals surface area contributed by atoms with Gasteiger partial charge in [-0.1, -0.05) is 27.2 Å². The van der Waals surface area contributed by atoms with Gasteiger partial charge in [-0.05, 0) is 63.7 Å². The first-order valence-corrected chi connectivity index (χ1v) is 11.7. The van der Waals surface area contributed by atoms with Crippen molar-refractivity contribution >= 4 is 17.8 Å². The Balaban J connectivity index is 1.53. The summed E-state index contributed by atoms with van der Waals surface area (Å²) in [5.74, 6) is 1.42. The maximum atomic E-state index is 13.0. The normalized spacial score (nSPS) is 33.1. The molecule has 2 unspecified atom stereocenters. The Hall–Kier alpha value is -1.63. The smallest absolute Gasteiger partial charge is 0.325 e. The predicted molar refractivity (Wildman–Crippen MR) is 117 cm³/mol. The number of nitrogens with zero attached hydrogens (tertiary/aromatic N) is 2. The molecule has 2 saturated heterocycles. The molecule has 7 heteroatoms. The third kappa shape index (κ3) is 4.82. The summed E-state index contributed by atoms with van der Waals surface area (Å²) in [5.41, 5.74) is -0.960. The fraction of sp³-hybridized carbons (Fsp3) is 0.870. The first-order chi connectivity index (χ1) is 14.1. The molecule has 1 spiro atoms. The highest BCUT2D eigenvalue weighted by molar-refractivity contribution is 6.09. The maximum absolute atomic E-state index is 13.0. The van der Waals surface area contributed by atoms with E-state index in [2.05, 4.69) is 50.2 Å². The van der Waals surface area contributed by atoms with E-state index in [0.29, 0.717) is 37.1 Å². The number of carbonyl (C=O) groups excluding carboxylic acids is 3. The second-order valence-corrected chi connectivity index (χ2v) is 10.7. The molecule has 0 aromatic rings. The molecular formula is C23H40N4O3.